The maximum atomic E-state index is 5.43. The van der Waals surface area contributed by atoms with Gasteiger partial charge in [-0.25, -0.2) is 4.98 Å². The van der Waals surface area contributed by atoms with Gasteiger partial charge >= 0.3 is 0 Å². The Labute approximate surface area is 95.9 Å². The summed E-state index contributed by atoms with van der Waals surface area (Å²) in [6.45, 7) is 10.8. The van der Waals surface area contributed by atoms with Crippen LogP contribution in [0, 0.1) is 13.8 Å². The molecule has 0 aliphatic carbocycles. The molecule has 0 aromatic carbocycles. The number of aromatic nitrogens is 1. The summed E-state index contributed by atoms with van der Waals surface area (Å²) in [4.78, 5) is 5.77. The minimum Gasteiger partial charge on any atom is -0.377 e. The Morgan fingerprint density at radius 2 is 2.13 bits per heavy atom. The van der Waals surface area contributed by atoms with Crippen LogP contribution < -0.4 is 5.32 Å². The highest BCUT2D eigenvalue weighted by Crippen LogP contribution is 2.15. The largest absolute Gasteiger partial charge is 0.377 e. The van der Waals surface area contributed by atoms with E-state index in [1.807, 2.05) is 13.8 Å². The molecule has 4 heteroatoms. The van der Waals surface area contributed by atoms with Crippen molar-refractivity contribution in [2.24, 2.45) is 0 Å². The first-order chi connectivity index (χ1) is 7.09. The lowest BCUT2D eigenvalue weighted by Crippen LogP contribution is -2.20. The zero-order valence-corrected chi connectivity index (χ0v) is 10.8. The molecule has 1 N–H and O–H groups in total. The lowest BCUT2D eigenvalue weighted by atomic mass is 10.4. The van der Waals surface area contributed by atoms with Gasteiger partial charge in [0.15, 0.2) is 0 Å². The SMILES string of the molecule is Cc1nc(CNCCOC(C)C)sc1C. The minimum absolute atomic E-state index is 0.316. The van der Waals surface area contributed by atoms with Gasteiger partial charge in [0, 0.05) is 18.0 Å². The maximum Gasteiger partial charge on any atom is 0.107 e. The molecule has 0 amide bonds. The van der Waals surface area contributed by atoms with Crippen molar-refractivity contribution in [2.45, 2.75) is 40.3 Å². The van der Waals surface area contributed by atoms with Crippen molar-refractivity contribution < 1.29 is 4.74 Å². The van der Waals surface area contributed by atoms with Crippen LogP contribution in [0.5, 0.6) is 0 Å². The Kier molecular flexibility index (Phi) is 5.22. The van der Waals surface area contributed by atoms with Crippen molar-refractivity contribution >= 4 is 11.3 Å². The average molecular weight is 228 g/mol. The van der Waals surface area contributed by atoms with Gasteiger partial charge in [-0.1, -0.05) is 0 Å². The number of hydrogen-bond donors (Lipinski definition) is 1. The van der Waals surface area contributed by atoms with Crippen molar-refractivity contribution in [3.8, 4) is 0 Å². The number of rotatable bonds is 6. The molecule has 0 aliphatic heterocycles. The van der Waals surface area contributed by atoms with Crippen LogP contribution in [-0.4, -0.2) is 24.2 Å². The van der Waals surface area contributed by atoms with E-state index in [4.69, 9.17) is 4.74 Å². The molecule has 0 spiro atoms. The van der Waals surface area contributed by atoms with Crippen LogP contribution in [-0.2, 0) is 11.3 Å². The van der Waals surface area contributed by atoms with Crippen LogP contribution in [0.2, 0.25) is 0 Å². The van der Waals surface area contributed by atoms with Gasteiger partial charge in [0.1, 0.15) is 5.01 Å². The highest BCUT2D eigenvalue weighted by Gasteiger charge is 2.02. The van der Waals surface area contributed by atoms with Crippen LogP contribution >= 0.6 is 11.3 Å². The maximum absolute atomic E-state index is 5.43. The summed E-state index contributed by atoms with van der Waals surface area (Å²) in [6, 6.07) is 0. The second-order valence-corrected chi connectivity index (χ2v) is 5.13. The van der Waals surface area contributed by atoms with Crippen molar-refractivity contribution in [1.82, 2.24) is 10.3 Å². The van der Waals surface area contributed by atoms with E-state index >= 15 is 0 Å². The van der Waals surface area contributed by atoms with Gasteiger partial charge in [-0.15, -0.1) is 11.3 Å². The number of nitrogens with one attached hydrogen (secondary N) is 1. The smallest absolute Gasteiger partial charge is 0.107 e. The first-order valence-electron chi connectivity index (χ1n) is 5.35. The van der Waals surface area contributed by atoms with E-state index in [0.717, 1.165) is 30.4 Å². The summed E-state index contributed by atoms with van der Waals surface area (Å²) in [5.41, 5.74) is 1.15. The van der Waals surface area contributed by atoms with E-state index in [-0.39, 0.29) is 0 Å². The fourth-order valence-corrected chi connectivity index (χ4v) is 2.08. The topological polar surface area (TPSA) is 34.2 Å². The molecular weight excluding hydrogens is 208 g/mol. The summed E-state index contributed by atoms with van der Waals surface area (Å²) in [6.07, 6.45) is 0.316. The standard InChI is InChI=1S/C11H20N2OS/c1-8(2)14-6-5-12-7-11-13-9(3)10(4)15-11/h8,12H,5-7H2,1-4H3. The highest BCUT2D eigenvalue weighted by molar-refractivity contribution is 7.11. The van der Waals surface area contributed by atoms with E-state index in [9.17, 15) is 0 Å². The predicted octanol–water partition coefficient (Wildman–Crippen LogP) is 2.27. The molecule has 0 fully saturated rings. The number of thiazole rings is 1. The van der Waals surface area contributed by atoms with Crippen molar-refractivity contribution in [3.05, 3.63) is 15.6 Å². The van der Waals surface area contributed by atoms with Crippen molar-refractivity contribution in [1.29, 1.82) is 0 Å². The molecule has 3 nitrogen and oxygen atoms in total. The first-order valence-corrected chi connectivity index (χ1v) is 6.16. The van der Waals surface area contributed by atoms with Gasteiger partial charge < -0.3 is 10.1 Å². The van der Waals surface area contributed by atoms with Gasteiger partial charge in [-0.05, 0) is 27.7 Å². The quantitative estimate of drug-likeness (QED) is 0.758. The van der Waals surface area contributed by atoms with Gasteiger partial charge in [-0.3, -0.25) is 0 Å². The van der Waals surface area contributed by atoms with Gasteiger partial charge in [0.05, 0.1) is 18.4 Å². The van der Waals surface area contributed by atoms with Crippen LogP contribution in [0.1, 0.15) is 29.4 Å². The predicted molar refractivity (Wildman–Crippen MR) is 64.4 cm³/mol. The number of nitrogens with zero attached hydrogens (tertiary/aromatic N) is 1. The Hall–Kier alpha value is -0.450. The summed E-state index contributed by atoms with van der Waals surface area (Å²) < 4.78 is 5.43. The fourth-order valence-electron chi connectivity index (χ4n) is 1.18. The third kappa shape index (κ3) is 4.73. The minimum atomic E-state index is 0.316. The lowest BCUT2D eigenvalue weighted by Gasteiger charge is -2.07. The molecule has 0 saturated heterocycles. The molecule has 0 unspecified atom stereocenters. The molecule has 0 atom stereocenters. The fraction of sp³-hybridized carbons (Fsp3) is 0.727. The van der Waals surface area contributed by atoms with Crippen molar-refractivity contribution in [2.75, 3.05) is 13.2 Å². The molecule has 0 bridgehead atoms. The van der Waals surface area contributed by atoms with E-state index in [1.54, 1.807) is 11.3 Å². The monoisotopic (exact) mass is 228 g/mol. The summed E-state index contributed by atoms with van der Waals surface area (Å²) >= 11 is 1.76. The molecule has 1 aromatic rings. The van der Waals surface area contributed by atoms with Crippen molar-refractivity contribution in [3.63, 3.8) is 0 Å². The Balaban J connectivity index is 2.15. The number of hydrogen-bond acceptors (Lipinski definition) is 4. The second-order valence-electron chi connectivity index (χ2n) is 3.85. The lowest BCUT2D eigenvalue weighted by molar-refractivity contribution is 0.0807. The molecule has 0 saturated carbocycles. The summed E-state index contributed by atoms with van der Waals surface area (Å²) in [7, 11) is 0. The third-order valence-corrected chi connectivity index (χ3v) is 3.15. The van der Waals surface area contributed by atoms with Crippen LogP contribution in [0.25, 0.3) is 0 Å². The van der Waals surface area contributed by atoms with Gasteiger partial charge in [-0.2, -0.15) is 0 Å². The van der Waals surface area contributed by atoms with Gasteiger partial charge in [0.2, 0.25) is 0 Å². The number of aryl methyl sites for hydroxylation is 2. The molecule has 86 valence electrons. The summed E-state index contributed by atoms with van der Waals surface area (Å²) in [5.74, 6) is 0. The Bertz CT molecular complexity index is 277. The van der Waals surface area contributed by atoms with E-state index in [0.29, 0.717) is 6.10 Å². The number of ether oxygens (including phenoxy) is 1. The van der Waals surface area contributed by atoms with Crippen LogP contribution in [0.15, 0.2) is 0 Å². The first kappa shape index (κ1) is 12.6. The highest BCUT2D eigenvalue weighted by atomic mass is 32.1. The molecular formula is C11H20N2OS. The summed E-state index contributed by atoms with van der Waals surface area (Å²) in [5, 5.41) is 4.48. The Morgan fingerprint density at radius 1 is 1.40 bits per heavy atom. The second kappa shape index (κ2) is 6.20. The van der Waals surface area contributed by atoms with E-state index < -0.39 is 0 Å². The third-order valence-electron chi connectivity index (χ3n) is 2.08. The zero-order chi connectivity index (χ0) is 11.3. The molecule has 1 aromatic heterocycles. The average Bonchev–Trinajstić information content (AvgIpc) is 2.45. The molecule has 0 radical (unpaired) electrons. The Morgan fingerprint density at radius 3 is 2.67 bits per heavy atom. The molecule has 0 aliphatic rings. The van der Waals surface area contributed by atoms with Crippen LogP contribution in [0.3, 0.4) is 0 Å². The van der Waals surface area contributed by atoms with Crippen LogP contribution in [0.4, 0.5) is 0 Å². The molecule has 1 rings (SSSR count). The van der Waals surface area contributed by atoms with E-state index in [1.165, 1.54) is 4.88 Å². The molecule has 1 heterocycles. The van der Waals surface area contributed by atoms with Gasteiger partial charge in [0.25, 0.3) is 0 Å². The van der Waals surface area contributed by atoms with E-state index in [2.05, 4.69) is 24.1 Å². The normalized spacial score (nSPS) is 11.3. The zero-order valence-electron chi connectivity index (χ0n) is 9.96. The molecule has 15 heavy (non-hydrogen) atoms.